The molecule has 0 radical (unpaired) electrons. The topological polar surface area (TPSA) is 71.3 Å². The molecule has 0 saturated heterocycles. The highest BCUT2D eigenvalue weighted by Crippen LogP contribution is 2.27. The third-order valence-electron chi connectivity index (χ3n) is 5.98. The number of hydrogen-bond acceptors (Lipinski definition) is 4. The lowest BCUT2D eigenvalue weighted by molar-refractivity contribution is 0.257. The summed E-state index contributed by atoms with van der Waals surface area (Å²) in [5.41, 5.74) is 8.15. The van der Waals surface area contributed by atoms with E-state index in [0.717, 1.165) is 62.0 Å². The van der Waals surface area contributed by atoms with Gasteiger partial charge in [-0.15, -0.1) is 0 Å². The Morgan fingerprint density at radius 3 is 2.51 bits per heavy atom. The molecule has 174 valence electrons. The Labute approximate surface area is 208 Å². The molecule has 0 fully saturated rings. The largest absolute Gasteiger partial charge is 0.330 e. The lowest BCUT2D eigenvalue weighted by atomic mass is 10.1. The first-order valence-electron chi connectivity index (χ1n) is 11.3. The highest BCUT2D eigenvalue weighted by atomic mass is 32.2. The quantitative estimate of drug-likeness (QED) is 0.213. The van der Waals surface area contributed by atoms with Crippen molar-refractivity contribution in [1.29, 1.82) is 0 Å². The van der Waals surface area contributed by atoms with Crippen molar-refractivity contribution < 1.29 is 4.79 Å². The number of rotatable bonds is 5. The number of aryl methyl sites for hydroxylation is 3. The average molecular weight is 480 g/mol. The molecule has 2 N–H and O–H groups in total. The normalized spacial score (nSPS) is 11.4. The summed E-state index contributed by atoms with van der Waals surface area (Å²) in [7, 11) is 0. The van der Waals surface area contributed by atoms with Crippen LogP contribution >= 0.6 is 12.1 Å². The number of nitrogens with zero attached hydrogens (tertiary/aromatic N) is 3. The van der Waals surface area contributed by atoms with Crippen molar-refractivity contribution in [3.8, 4) is 5.69 Å². The molecule has 0 saturated carbocycles. The van der Waals surface area contributed by atoms with Crippen molar-refractivity contribution in [1.82, 2.24) is 14.3 Å². The van der Waals surface area contributed by atoms with Gasteiger partial charge in [-0.2, -0.15) is 0 Å². The number of carbonyl (C=O) groups excluding carboxylic acids is 1. The van der Waals surface area contributed by atoms with Gasteiger partial charge in [0.15, 0.2) is 0 Å². The maximum absolute atomic E-state index is 12.2. The first kappa shape index (κ1) is 22.7. The molecular formula is C28H25N5OS. The number of carbonyl (C=O) groups is 1. The average Bonchev–Trinajstić information content (AvgIpc) is 3.29. The van der Waals surface area contributed by atoms with Crippen LogP contribution in [0.2, 0.25) is 0 Å². The van der Waals surface area contributed by atoms with E-state index in [2.05, 4.69) is 79.4 Å². The van der Waals surface area contributed by atoms with E-state index in [-0.39, 0.29) is 6.03 Å². The first-order chi connectivity index (χ1) is 17.0. The molecule has 7 heteroatoms. The first-order valence-corrected chi connectivity index (χ1v) is 12.1. The second kappa shape index (κ2) is 9.64. The molecule has 0 spiro atoms. The third-order valence-corrected chi connectivity index (χ3v) is 6.47. The van der Waals surface area contributed by atoms with Gasteiger partial charge in [-0.1, -0.05) is 54.1 Å². The van der Waals surface area contributed by atoms with Gasteiger partial charge in [-0.05, 0) is 67.1 Å². The molecule has 0 aliphatic rings. The number of imidazole rings is 1. The summed E-state index contributed by atoms with van der Waals surface area (Å²) in [6, 6.07) is 24.4. The number of aromatic nitrogens is 2. The summed E-state index contributed by atoms with van der Waals surface area (Å²) in [6.07, 6.45) is 3.61. The van der Waals surface area contributed by atoms with Gasteiger partial charge < -0.3 is 5.32 Å². The van der Waals surface area contributed by atoms with Gasteiger partial charge in [0.1, 0.15) is 6.33 Å². The summed E-state index contributed by atoms with van der Waals surface area (Å²) in [6.45, 7) is 6.02. The van der Waals surface area contributed by atoms with Gasteiger partial charge in [0.2, 0.25) is 0 Å². The molecule has 4 aromatic carbocycles. The predicted molar refractivity (Wildman–Crippen MR) is 147 cm³/mol. The van der Waals surface area contributed by atoms with Crippen molar-refractivity contribution >= 4 is 51.9 Å². The van der Waals surface area contributed by atoms with Crippen molar-refractivity contribution in [2.75, 3.05) is 5.32 Å². The van der Waals surface area contributed by atoms with Crippen molar-refractivity contribution in [3.63, 3.8) is 0 Å². The van der Waals surface area contributed by atoms with Gasteiger partial charge in [0, 0.05) is 23.0 Å². The summed E-state index contributed by atoms with van der Waals surface area (Å²) in [5, 5.41) is 5.05. The van der Waals surface area contributed by atoms with Crippen molar-refractivity contribution in [2.24, 2.45) is 4.40 Å². The van der Waals surface area contributed by atoms with E-state index >= 15 is 0 Å². The SMILES string of the molecule is Cc1ccc(-n2cnc3c4ccc(C=NSNC(=O)Nc5c(C)cccc5C)cc4ccc32)cc1. The number of benzene rings is 4. The standard InChI is InChI=1S/C28H25N5OS/c1-18-7-11-23(12-8-18)33-17-29-27-24-13-9-21(15-22(24)10-14-25(27)33)16-30-35-32-28(34)31-26-19(2)5-4-6-20(26)3/h4-17H,1-3H3,(H2,31,32,34). The molecular weight excluding hydrogens is 454 g/mol. The third kappa shape index (κ3) is 4.76. The highest BCUT2D eigenvalue weighted by molar-refractivity contribution is 7.96. The molecule has 5 aromatic rings. The highest BCUT2D eigenvalue weighted by Gasteiger charge is 2.09. The summed E-state index contributed by atoms with van der Waals surface area (Å²) >= 11 is 0.989. The maximum atomic E-state index is 12.2. The monoisotopic (exact) mass is 479 g/mol. The molecule has 6 nitrogen and oxygen atoms in total. The van der Waals surface area contributed by atoms with Crippen LogP contribution in [-0.4, -0.2) is 21.8 Å². The van der Waals surface area contributed by atoms with E-state index < -0.39 is 0 Å². The molecule has 0 bridgehead atoms. The van der Waals surface area contributed by atoms with Crippen molar-refractivity contribution in [2.45, 2.75) is 20.8 Å². The number of fused-ring (bicyclic) bond motifs is 3. The summed E-state index contributed by atoms with van der Waals surface area (Å²) in [5.74, 6) is 0. The minimum Gasteiger partial charge on any atom is -0.307 e. The van der Waals surface area contributed by atoms with Crippen LogP contribution < -0.4 is 10.0 Å². The van der Waals surface area contributed by atoms with Crippen LogP contribution in [0.15, 0.2) is 83.5 Å². The Balaban J connectivity index is 1.28. The molecule has 35 heavy (non-hydrogen) atoms. The number of para-hydroxylation sites is 1. The predicted octanol–water partition coefficient (Wildman–Crippen LogP) is 6.91. The number of hydrogen-bond donors (Lipinski definition) is 2. The van der Waals surface area contributed by atoms with Crippen LogP contribution in [0.25, 0.3) is 27.5 Å². The fraction of sp³-hybridized carbons (Fsp3) is 0.107. The molecule has 5 rings (SSSR count). The molecule has 1 aromatic heterocycles. The van der Waals surface area contributed by atoms with Gasteiger partial charge in [-0.3, -0.25) is 9.29 Å². The fourth-order valence-electron chi connectivity index (χ4n) is 4.13. The fourth-order valence-corrected chi connectivity index (χ4v) is 4.49. The molecule has 2 amide bonds. The number of urea groups is 1. The number of amides is 2. The van der Waals surface area contributed by atoms with Crippen LogP contribution in [0, 0.1) is 20.8 Å². The van der Waals surface area contributed by atoms with Crippen LogP contribution in [0.4, 0.5) is 10.5 Å². The van der Waals surface area contributed by atoms with E-state index in [1.807, 2.05) is 44.4 Å². The Hall–Kier alpha value is -4.10. The van der Waals surface area contributed by atoms with E-state index in [0.29, 0.717) is 0 Å². The minimum atomic E-state index is -0.311. The van der Waals surface area contributed by atoms with Crippen molar-refractivity contribution in [3.05, 3.63) is 101 Å². The van der Waals surface area contributed by atoms with Crippen LogP contribution in [0.5, 0.6) is 0 Å². The van der Waals surface area contributed by atoms with Gasteiger partial charge in [0.25, 0.3) is 0 Å². The Morgan fingerprint density at radius 2 is 1.74 bits per heavy atom. The van der Waals surface area contributed by atoms with Gasteiger partial charge in [-0.25, -0.2) is 14.2 Å². The summed E-state index contributed by atoms with van der Waals surface area (Å²) < 4.78 is 9.09. The lowest BCUT2D eigenvalue weighted by Gasteiger charge is -2.10. The number of anilines is 1. The minimum absolute atomic E-state index is 0.311. The molecule has 0 atom stereocenters. The Kier molecular flexibility index (Phi) is 6.25. The molecule has 0 aliphatic heterocycles. The summed E-state index contributed by atoms with van der Waals surface area (Å²) in [4.78, 5) is 16.9. The molecule has 0 aliphatic carbocycles. The number of nitrogens with one attached hydrogen (secondary N) is 2. The molecule has 1 heterocycles. The van der Waals surface area contributed by atoms with Crippen LogP contribution in [0.1, 0.15) is 22.3 Å². The maximum Gasteiger partial charge on any atom is 0.330 e. The van der Waals surface area contributed by atoms with E-state index in [1.165, 1.54) is 5.56 Å². The zero-order chi connectivity index (χ0) is 24.4. The zero-order valence-corrected chi connectivity index (χ0v) is 20.6. The van der Waals surface area contributed by atoms with Gasteiger partial charge >= 0.3 is 6.03 Å². The smallest absolute Gasteiger partial charge is 0.307 e. The van der Waals surface area contributed by atoms with Crippen LogP contribution in [-0.2, 0) is 0 Å². The van der Waals surface area contributed by atoms with E-state index in [9.17, 15) is 4.79 Å². The Bertz CT molecular complexity index is 1550. The van der Waals surface area contributed by atoms with Crippen LogP contribution in [0.3, 0.4) is 0 Å². The molecule has 0 unspecified atom stereocenters. The van der Waals surface area contributed by atoms with E-state index in [1.54, 1.807) is 6.21 Å². The van der Waals surface area contributed by atoms with Gasteiger partial charge in [0.05, 0.1) is 23.2 Å². The second-order valence-corrected chi connectivity index (χ2v) is 9.11. The lowest BCUT2D eigenvalue weighted by Crippen LogP contribution is -2.23. The Morgan fingerprint density at radius 1 is 0.971 bits per heavy atom. The zero-order valence-electron chi connectivity index (χ0n) is 19.7. The van der Waals surface area contributed by atoms with E-state index in [4.69, 9.17) is 0 Å². The second-order valence-electron chi connectivity index (χ2n) is 8.51.